The Morgan fingerprint density at radius 3 is 2.66 bits per heavy atom. The van der Waals surface area contributed by atoms with Gasteiger partial charge >= 0.3 is 5.69 Å². The lowest BCUT2D eigenvalue weighted by Crippen LogP contribution is -2.35. The molecule has 3 heterocycles. The van der Waals surface area contributed by atoms with Crippen molar-refractivity contribution in [2.75, 3.05) is 25.1 Å². The van der Waals surface area contributed by atoms with Gasteiger partial charge in [0.05, 0.1) is 17.7 Å². The zero-order chi connectivity index (χ0) is 24.2. The van der Waals surface area contributed by atoms with Crippen molar-refractivity contribution in [1.82, 2.24) is 24.7 Å². The SMILES string of the molecule is COc1ccccc1SC1CCN(c2ncnc(-c3cccc(-n4cncn4)c3)c2[N+](=O)[O-])CC1. The van der Waals surface area contributed by atoms with Crippen LogP contribution in [0.4, 0.5) is 11.5 Å². The zero-order valence-corrected chi connectivity index (χ0v) is 19.8. The van der Waals surface area contributed by atoms with Crippen LogP contribution in [-0.4, -0.2) is 55.1 Å². The summed E-state index contributed by atoms with van der Waals surface area (Å²) in [5, 5.41) is 16.7. The van der Waals surface area contributed by atoms with Gasteiger partial charge in [0.2, 0.25) is 5.82 Å². The molecule has 0 bridgehead atoms. The molecule has 0 N–H and O–H groups in total. The summed E-state index contributed by atoms with van der Waals surface area (Å²) in [7, 11) is 1.68. The van der Waals surface area contributed by atoms with Crippen molar-refractivity contribution in [3.05, 3.63) is 77.6 Å². The molecule has 35 heavy (non-hydrogen) atoms. The Hall–Kier alpha value is -3.99. The molecule has 2 aromatic carbocycles. The minimum Gasteiger partial charge on any atom is -0.496 e. The Balaban J connectivity index is 1.38. The molecule has 1 aliphatic heterocycles. The van der Waals surface area contributed by atoms with Crippen LogP contribution in [0.1, 0.15) is 12.8 Å². The topological polar surface area (TPSA) is 112 Å². The van der Waals surface area contributed by atoms with Gasteiger partial charge in [0.1, 0.15) is 24.7 Å². The first-order valence-electron chi connectivity index (χ1n) is 11.1. The zero-order valence-electron chi connectivity index (χ0n) is 19.0. The van der Waals surface area contributed by atoms with E-state index in [9.17, 15) is 10.1 Å². The predicted octanol–water partition coefficient (Wildman–Crippen LogP) is 4.40. The number of para-hydroxylation sites is 1. The maximum Gasteiger partial charge on any atom is 0.337 e. The fraction of sp³-hybridized carbons (Fsp3) is 0.250. The summed E-state index contributed by atoms with van der Waals surface area (Å²) in [6.07, 6.45) is 6.16. The molecule has 0 saturated carbocycles. The van der Waals surface area contributed by atoms with E-state index in [-0.39, 0.29) is 16.3 Å². The first-order valence-corrected chi connectivity index (χ1v) is 12.0. The van der Waals surface area contributed by atoms with E-state index in [4.69, 9.17) is 4.74 Å². The van der Waals surface area contributed by atoms with Crippen molar-refractivity contribution in [2.24, 2.45) is 0 Å². The third kappa shape index (κ3) is 4.80. The lowest BCUT2D eigenvalue weighted by Gasteiger charge is -2.32. The maximum atomic E-state index is 12.2. The van der Waals surface area contributed by atoms with Crippen LogP contribution in [-0.2, 0) is 0 Å². The number of nitro groups is 1. The minimum atomic E-state index is -0.386. The summed E-state index contributed by atoms with van der Waals surface area (Å²) in [4.78, 5) is 27.5. The number of ether oxygens (including phenoxy) is 1. The van der Waals surface area contributed by atoms with Crippen LogP contribution in [0.3, 0.4) is 0 Å². The third-order valence-corrected chi connectivity index (χ3v) is 7.29. The molecule has 4 aromatic rings. The van der Waals surface area contributed by atoms with E-state index in [1.165, 1.54) is 12.7 Å². The summed E-state index contributed by atoms with van der Waals surface area (Å²) in [5.74, 6) is 1.22. The number of piperidine rings is 1. The maximum absolute atomic E-state index is 12.2. The van der Waals surface area contributed by atoms with E-state index in [1.807, 2.05) is 41.3 Å². The Morgan fingerprint density at radius 1 is 1.09 bits per heavy atom. The quantitative estimate of drug-likeness (QED) is 0.275. The highest BCUT2D eigenvalue weighted by Crippen LogP contribution is 2.39. The molecule has 0 atom stereocenters. The second-order valence-electron chi connectivity index (χ2n) is 8.00. The van der Waals surface area contributed by atoms with Gasteiger partial charge in [-0.05, 0) is 37.1 Å². The van der Waals surface area contributed by atoms with E-state index < -0.39 is 0 Å². The van der Waals surface area contributed by atoms with E-state index in [2.05, 4.69) is 26.1 Å². The van der Waals surface area contributed by atoms with Crippen LogP contribution >= 0.6 is 11.8 Å². The highest BCUT2D eigenvalue weighted by Gasteiger charge is 2.31. The third-order valence-electron chi connectivity index (χ3n) is 5.89. The Bertz CT molecular complexity index is 1320. The first-order chi connectivity index (χ1) is 17.1. The van der Waals surface area contributed by atoms with Gasteiger partial charge in [-0.25, -0.2) is 19.6 Å². The largest absolute Gasteiger partial charge is 0.496 e. The molecule has 1 saturated heterocycles. The summed E-state index contributed by atoms with van der Waals surface area (Å²) < 4.78 is 7.07. The number of aromatic nitrogens is 5. The minimum absolute atomic E-state index is 0.0842. The Labute approximate surface area is 206 Å². The number of rotatable bonds is 7. The highest BCUT2D eigenvalue weighted by atomic mass is 32.2. The molecule has 178 valence electrons. The van der Waals surface area contributed by atoms with Gasteiger partial charge in [-0.15, -0.1) is 11.8 Å². The van der Waals surface area contributed by atoms with Gasteiger partial charge in [-0.1, -0.05) is 24.3 Å². The molecule has 0 unspecified atom stereocenters. The number of methoxy groups -OCH3 is 1. The van der Waals surface area contributed by atoms with Gasteiger partial charge in [-0.2, -0.15) is 5.10 Å². The van der Waals surface area contributed by atoms with E-state index in [0.717, 1.165) is 29.2 Å². The summed E-state index contributed by atoms with van der Waals surface area (Å²) in [5.41, 5.74) is 1.56. The van der Waals surface area contributed by atoms with Gasteiger partial charge in [0, 0.05) is 28.8 Å². The standard InChI is InChI=1S/C24H23N7O3S/c1-34-20-7-2-3-8-21(20)35-19-9-11-29(12-10-19)24-23(31(32)33)22(26-15-27-24)17-5-4-6-18(13-17)30-16-25-14-28-30/h2-8,13-16,19H,9-12H2,1H3. The van der Waals surface area contributed by atoms with E-state index in [0.29, 0.717) is 29.7 Å². The molecule has 11 heteroatoms. The Morgan fingerprint density at radius 2 is 1.91 bits per heavy atom. The molecule has 0 radical (unpaired) electrons. The predicted molar refractivity (Wildman–Crippen MR) is 133 cm³/mol. The number of thioether (sulfide) groups is 1. The molecular weight excluding hydrogens is 466 g/mol. The first kappa shape index (κ1) is 22.8. The number of nitrogens with zero attached hydrogens (tertiary/aromatic N) is 7. The van der Waals surface area contributed by atoms with Crippen LogP contribution < -0.4 is 9.64 Å². The number of benzene rings is 2. The fourth-order valence-corrected chi connectivity index (χ4v) is 5.43. The van der Waals surface area contributed by atoms with Gasteiger partial charge in [0.25, 0.3) is 0 Å². The van der Waals surface area contributed by atoms with E-state index in [1.54, 1.807) is 35.9 Å². The average molecular weight is 490 g/mol. The van der Waals surface area contributed by atoms with Crippen molar-refractivity contribution < 1.29 is 9.66 Å². The molecule has 2 aromatic heterocycles. The molecule has 1 fully saturated rings. The fourth-order valence-electron chi connectivity index (χ4n) is 4.20. The second-order valence-corrected chi connectivity index (χ2v) is 9.34. The number of anilines is 1. The van der Waals surface area contributed by atoms with Gasteiger partial charge in [-0.3, -0.25) is 10.1 Å². The van der Waals surface area contributed by atoms with Gasteiger partial charge < -0.3 is 9.64 Å². The van der Waals surface area contributed by atoms with Crippen molar-refractivity contribution in [1.29, 1.82) is 0 Å². The molecule has 0 spiro atoms. The van der Waals surface area contributed by atoms with Crippen molar-refractivity contribution in [3.63, 3.8) is 0 Å². The van der Waals surface area contributed by atoms with Crippen molar-refractivity contribution >= 4 is 23.3 Å². The lowest BCUT2D eigenvalue weighted by atomic mass is 10.1. The summed E-state index contributed by atoms with van der Waals surface area (Å²) in [6.45, 7) is 1.34. The summed E-state index contributed by atoms with van der Waals surface area (Å²) in [6, 6.07) is 15.3. The van der Waals surface area contributed by atoms with Crippen LogP contribution in [0.5, 0.6) is 5.75 Å². The van der Waals surface area contributed by atoms with Crippen LogP contribution in [0.25, 0.3) is 16.9 Å². The number of hydrogen-bond donors (Lipinski definition) is 0. The van der Waals surface area contributed by atoms with Crippen molar-refractivity contribution in [3.8, 4) is 22.7 Å². The smallest absolute Gasteiger partial charge is 0.337 e. The van der Waals surface area contributed by atoms with Crippen LogP contribution in [0.2, 0.25) is 0 Å². The molecule has 10 nitrogen and oxygen atoms in total. The highest BCUT2D eigenvalue weighted by molar-refractivity contribution is 8.00. The van der Waals surface area contributed by atoms with E-state index >= 15 is 0 Å². The lowest BCUT2D eigenvalue weighted by molar-refractivity contribution is -0.383. The van der Waals surface area contributed by atoms with Crippen molar-refractivity contribution in [2.45, 2.75) is 23.0 Å². The van der Waals surface area contributed by atoms with Gasteiger partial charge in [0.15, 0.2) is 5.69 Å². The van der Waals surface area contributed by atoms with Crippen LogP contribution in [0, 0.1) is 10.1 Å². The average Bonchev–Trinajstić information content (AvgIpc) is 3.44. The van der Waals surface area contributed by atoms with Crippen LogP contribution in [0.15, 0.2) is 72.4 Å². The normalized spacial score (nSPS) is 14.1. The molecule has 5 rings (SSSR count). The Kier molecular flexibility index (Phi) is 6.57. The number of hydrogen-bond acceptors (Lipinski definition) is 9. The molecule has 0 aliphatic carbocycles. The summed E-state index contributed by atoms with van der Waals surface area (Å²) >= 11 is 1.79. The molecule has 1 aliphatic rings. The molecular formula is C24H23N7O3S. The monoisotopic (exact) mass is 489 g/mol. The molecule has 0 amide bonds. The second kappa shape index (κ2) is 10.1.